The molecule has 0 atom stereocenters. The fourth-order valence-corrected chi connectivity index (χ4v) is 5.19. The zero-order valence-electron chi connectivity index (χ0n) is 24.0. The summed E-state index contributed by atoms with van der Waals surface area (Å²) < 4.78 is 3.52. The standard InChI is InChI=1S/C28H38B2N6O3/c1-17-12-20(4)26(21(5)13-17)32-25-16-24-23-15-19(3)18(2)14-22(23)8-10-35(24)28(37)36(25)11-9-31-27(33-29(6)38)34-30(7)39/h12-16,38-39H,8-11H2,1-7H3,(H2,31,33,34). The van der Waals surface area contributed by atoms with Gasteiger partial charge in [-0.2, -0.15) is 0 Å². The van der Waals surface area contributed by atoms with Gasteiger partial charge in [-0.25, -0.2) is 9.79 Å². The molecule has 11 heteroatoms. The Morgan fingerprint density at radius 1 is 0.974 bits per heavy atom. The van der Waals surface area contributed by atoms with Crippen molar-refractivity contribution < 1.29 is 10.0 Å². The van der Waals surface area contributed by atoms with Crippen molar-refractivity contribution in [3.63, 3.8) is 0 Å². The molecule has 0 amide bonds. The molecule has 1 aliphatic heterocycles. The van der Waals surface area contributed by atoms with Crippen LogP contribution in [0.2, 0.25) is 13.6 Å². The van der Waals surface area contributed by atoms with Gasteiger partial charge in [-0.3, -0.25) is 14.0 Å². The minimum Gasteiger partial charge on any atom is -0.433 e. The van der Waals surface area contributed by atoms with Crippen molar-refractivity contribution in [1.29, 1.82) is 0 Å². The quantitative estimate of drug-likeness (QED) is 0.223. The number of nitrogens with zero attached hydrogens (tertiary/aromatic N) is 4. The monoisotopic (exact) mass is 528 g/mol. The zero-order chi connectivity index (χ0) is 28.4. The third kappa shape index (κ3) is 6.37. The van der Waals surface area contributed by atoms with E-state index in [0.29, 0.717) is 25.1 Å². The van der Waals surface area contributed by atoms with Crippen LogP contribution in [0, 0.1) is 34.6 Å². The van der Waals surface area contributed by atoms with E-state index in [2.05, 4.69) is 60.5 Å². The van der Waals surface area contributed by atoms with Crippen molar-refractivity contribution in [2.24, 2.45) is 9.90 Å². The molecule has 0 spiro atoms. The Bertz CT molecular complexity index is 1530. The van der Waals surface area contributed by atoms with Gasteiger partial charge in [-0.15, -0.1) is 0 Å². The molecule has 4 rings (SSSR count). The van der Waals surface area contributed by atoms with Crippen LogP contribution in [-0.2, 0) is 19.5 Å². The summed E-state index contributed by atoms with van der Waals surface area (Å²) in [6.45, 7) is 14.7. The van der Waals surface area contributed by atoms with Crippen LogP contribution < -0.4 is 21.7 Å². The van der Waals surface area contributed by atoms with Crippen LogP contribution in [0.5, 0.6) is 0 Å². The number of rotatable bonds is 6. The maximum Gasteiger partial charge on any atom is 0.431 e. The van der Waals surface area contributed by atoms with E-state index >= 15 is 0 Å². The molecule has 0 aliphatic carbocycles. The molecule has 1 aromatic heterocycles. The van der Waals surface area contributed by atoms with E-state index < -0.39 is 14.1 Å². The van der Waals surface area contributed by atoms with Gasteiger partial charge in [-0.05, 0) is 88.6 Å². The normalized spacial score (nSPS) is 13.2. The molecular formula is C28H38B2N6O3. The minimum absolute atomic E-state index is 0.128. The molecule has 0 saturated carbocycles. The Hall–Kier alpha value is -3.56. The first kappa shape index (κ1) is 28.4. The fourth-order valence-electron chi connectivity index (χ4n) is 5.19. The molecule has 0 bridgehead atoms. The third-order valence-corrected chi connectivity index (χ3v) is 7.05. The molecule has 3 aromatic rings. The molecule has 4 N–H and O–H groups in total. The van der Waals surface area contributed by atoms with Crippen LogP contribution in [0.1, 0.15) is 33.4 Å². The number of aromatic nitrogens is 2. The number of guanidine groups is 1. The van der Waals surface area contributed by atoms with Crippen molar-refractivity contribution in [1.82, 2.24) is 19.7 Å². The predicted octanol–water partition coefficient (Wildman–Crippen LogP) is 2.40. The summed E-state index contributed by atoms with van der Waals surface area (Å²) in [6, 6.07) is 10.6. The average Bonchev–Trinajstić information content (AvgIpc) is 2.83. The van der Waals surface area contributed by atoms with E-state index in [-0.39, 0.29) is 11.6 Å². The van der Waals surface area contributed by atoms with Gasteiger partial charge in [0.05, 0.1) is 11.4 Å². The first-order valence-electron chi connectivity index (χ1n) is 13.5. The average molecular weight is 528 g/mol. The summed E-state index contributed by atoms with van der Waals surface area (Å²) in [6.07, 6.45) is 0.789. The van der Waals surface area contributed by atoms with Gasteiger partial charge in [0.15, 0.2) is 5.96 Å². The molecule has 0 radical (unpaired) electrons. The van der Waals surface area contributed by atoms with Crippen LogP contribution in [0.25, 0.3) is 11.3 Å². The number of aryl methyl sites for hydroxylation is 6. The van der Waals surface area contributed by atoms with Gasteiger partial charge in [0.2, 0.25) is 0 Å². The summed E-state index contributed by atoms with van der Waals surface area (Å²) in [7, 11) is -1.81. The van der Waals surface area contributed by atoms with Crippen LogP contribution in [0.15, 0.2) is 45.0 Å². The molecule has 0 saturated heterocycles. The Labute approximate surface area is 230 Å². The van der Waals surface area contributed by atoms with Crippen molar-refractivity contribution >= 4 is 25.7 Å². The molecule has 0 fully saturated rings. The van der Waals surface area contributed by atoms with E-state index in [9.17, 15) is 14.8 Å². The van der Waals surface area contributed by atoms with Gasteiger partial charge in [0.25, 0.3) is 0 Å². The summed E-state index contributed by atoms with van der Waals surface area (Å²) in [4.78, 5) is 23.1. The van der Waals surface area contributed by atoms with Crippen molar-refractivity contribution in [3.05, 3.63) is 79.7 Å². The Kier molecular flexibility index (Phi) is 8.51. The zero-order valence-corrected chi connectivity index (χ0v) is 24.0. The van der Waals surface area contributed by atoms with E-state index in [1.165, 1.54) is 29.1 Å². The molecule has 2 aromatic carbocycles. The number of fused-ring (bicyclic) bond motifs is 3. The van der Waals surface area contributed by atoms with Crippen LogP contribution in [0.4, 0.5) is 5.69 Å². The molecule has 9 nitrogen and oxygen atoms in total. The lowest BCUT2D eigenvalue weighted by molar-refractivity contribution is 0.536. The smallest absolute Gasteiger partial charge is 0.431 e. The number of hydrogen-bond donors (Lipinski definition) is 4. The Morgan fingerprint density at radius 2 is 1.64 bits per heavy atom. The molecule has 1 aliphatic rings. The SMILES string of the molecule is CB(O)N=C(NCCn1c(=Nc2c(C)cc(C)cc2C)cc2n(c1=O)CCc1cc(C)c(C)cc1-2)NB(C)O. The van der Waals surface area contributed by atoms with Crippen molar-refractivity contribution in [2.75, 3.05) is 6.54 Å². The maximum atomic E-state index is 14.0. The Balaban J connectivity index is 1.85. The van der Waals surface area contributed by atoms with Crippen LogP contribution >= 0.6 is 0 Å². The number of hydrogen-bond acceptors (Lipinski definition) is 5. The topological polar surface area (TPSA) is 116 Å². The highest BCUT2D eigenvalue weighted by Gasteiger charge is 2.21. The number of nitrogens with one attached hydrogen (secondary N) is 2. The summed E-state index contributed by atoms with van der Waals surface area (Å²) >= 11 is 0. The largest absolute Gasteiger partial charge is 0.433 e. The van der Waals surface area contributed by atoms with Gasteiger partial charge < -0.3 is 20.6 Å². The molecule has 0 unspecified atom stereocenters. The van der Waals surface area contributed by atoms with E-state index in [0.717, 1.165) is 34.5 Å². The molecule has 204 valence electrons. The second-order valence-electron chi connectivity index (χ2n) is 10.5. The third-order valence-electron chi connectivity index (χ3n) is 7.05. The van der Waals surface area contributed by atoms with Crippen LogP contribution in [0.3, 0.4) is 0 Å². The minimum atomic E-state index is -0.953. The lowest BCUT2D eigenvalue weighted by atomic mass is 9.88. The first-order chi connectivity index (χ1) is 18.4. The molecule has 2 heterocycles. The van der Waals surface area contributed by atoms with E-state index in [1.807, 2.05) is 24.5 Å². The van der Waals surface area contributed by atoms with Crippen LogP contribution in [-0.4, -0.2) is 45.8 Å². The fraction of sp³-hybridized carbons (Fsp3) is 0.393. The molecular weight excluding hydrogens is 490 g/mol. The van der Waals surface area contributed by atoms with E-state index in [1.54, 1.807) is 11.4 Å². The predicted molar refractivity (Wildman–Crippen MR) is 159 cm³/mol. The Morgan fingerprint density at radius 3 is 2.28 bits per heavy atom. The second-order valence-corrected chi connectivity index (χ2v) is 10.5. The van der Waals surface area contributed by atoms with Gasteiger partial charge in [0.1, 0.15) is 5.49 Å². The van der Waals surface area contributed by atoms with Crippen molar-refractivity contribution in [3.8, 4) is 11.3 Å². The lowest BCUT2D eigenvalue weighted by Crippen LogP contribution is -2.48. The van der Waals surface area contributed by atoms with Gasteiger partial charge in [-0.1, -0.05) is 23.8 Å². The molecule has 39 heavy (non-hydrogen) atoms. The highest BCUT2D eigenvalue weighted by molar-refractivity contribution is 6.52. The highest BCUT2D eigenvalue weighted by atomic mass is 16.2. The first-order valence-corrected chi connectivity index (χ1v) is 13.5. The summed E-state index contributed by atoms with van der Waals surface area (Å²) in [5, 5.41) is 25.3. The van der Waals surface area contributed by atoms with E-state index in [4.69, 9.17) is 4.99 Å². The van der Waals surface area contributed by atoms with Crippen molar-refractivity contribution in [2.45, 2.75) is 67.8 Å². The summed E-state index contributed by atoms with van der Waals surface area (Å²) in [5.74, 6) is 0.252. The number of benzene rings is 2. The van der Waals surface area contributed by atoms with Gasteiger partial charge in [0, 0.05) is 31.3 Å². The van der Waals surface area contributed by atoms with Gasteiger partial charge >= 0.3 is 19.8 Å². The summed E-state index contributed by atoms with van der Waals surface area (Å²) in [5.41, 5.74) is 10.2. The maximum absolute atomic E-state index is 14.0. The lowest BCUT2D eigenvalue weighted by Gasteiger charge is -2.24. The second kappa shape index (κ2) is 11.7. The highest BCUT2D eigenvalue weighted by Crippen LogP contribution is 2.30.